The molecule has 0 saturated heterocycles. The molecule has 1 aromatic heterocycles. The molecule has 0 unspecified atom stereocenters. The largest absolute Gasteiger partial charge is 0.529 e. The summed E-state index contributed by atoms with van der Waals surface area (Å²) < 4.78 is 38.0. The van der Waals surface area contributed by atoms with Gasteiger partial charge in [-0.15, -0.1) is 0 Å². The van der Waals surface area contributed by atoms with Crippen LogP contribution in [0.15, 0.2) is 18.5 Å². The maximum Gasteiger partial charge on any atom is 0.416 e. The van der Waals surface area contributed by atoms with Gasteiger partial charge in [-0.25, -0.2) is 4.98 Å². The lowest BCUT2D eigenvalue weighted by Crippen LogP contribution is -2.28. The number of hydrogen-bond acceptors (Lipinski definition) is 5. The third kappa shape index (κ3) is 2.07. The molecule has 0 saturated carbocycles. The van der Waals surface area contributed by atoms with Gasteiger partial charge >= 0.3 is 6.18 Å². The number of rotatable bonds is 1. The van der Waals surface area contributed by atoms with Crippen molar-refractivity contribution in [3.05, 3.63) is 34.1 Å². The Labute approximate surface area is 102 Å². The fraction of sp³-hybridized carbons (Fsp3) is 0.111. The normalized spacial score (nSPS) is 11.7. The molecule has 0 fully saturated rings. The Kier molecular flexibility index (Phi) is 2.65. The summed E-state index contributed by atoms with van der Waals surface area (Å²) >= 11 is 0. The van der Waals surface area contributed by atoms with E-state index in [1.54, 1.807) is 0 Å². The van der Waals surface area contributed by atoms with Crippen molar-refractivity contribution in [3.63, 3.8) is 0 Å². The second-order valence-corrected chi connectivity index (χ2v) is 3.50. The predicted octanol–water partition coefficient (Wildman–Crippen LogP) is 1.15. The van der Waals surface area contributed by atoms with Crippen LogP contribution in [-0.2, 0) is 6.18 Å². The van der Waals surface area contributed by atoms with Gasteiger partial charge in [0, 0.05) is 6.07 Å². The highest BCUT2D eigenvalue weighted by atomic mass is 19.4. The third-order valence-corrected chi connectivity index (χ3v) is 2.35. The SMILES string of the molecule is O=C([O-])n1cnc2c([N+](=O)[O-])cc(C(F)(F)F)cc21. The van der Waals surface area contributed by atoms with Crippen molar-refractivity contribution in [1.82, 2.24) is 9.55 Å². The number of halogens is 3. The second-order valence-electron chi connectivity index (χ2n) is 3.50. The Balaban J connectivity index is 2.86. The van der Waals surface area contributed by atoms with Gasteiger partial charge in [-0.3, -0.25) is 14.7 Å². The summed E-state index contributed by atoms with van der Waals surface area (Å²) in [6, 6.07) is 0.764. The lowest BCUT2D eigenvalue weighted by atomic mass is 10.1. The molecule has 0 bridgehead atoms. The van der Waals surface area contributed by atoms with Crippen LogP contribution in [0.5, 0.6) is 0 Å². The first-order chi connectivity index (χ1) is 8.71. The van der Waals surface area contributed by atoms with Gasteiger partial charge < -0.3 is 9.90 Å². The van der Waals surface area contributed by atoms with E-state index in [0.29, 0.717) is 18.5 Å². The fourth-order valence-corrected chi connectivity index (χ4v) is 1.55. The topological polar surface area (TPSA) is 101 Å². The van der Waals surface area contributed by atoms with Gasteiger partial charge in [0.05, 0.1) is 16.0 Å². The van der Waals surface area contributed by atoms with Crippen LogP contribution in [0.4, 0.5) is 23.7 Å². The van der Waals surface area contributed by atoms with Gasteiger partial charge in [-0.2, -0.15) is 13.2 Å². The molecule has 2 rings (SSSR count). The number of carbonyl (C=O) groups is 1. The summed E-state index contributed by atoms with van der Waals surface area (Å²) in [6.45, 7) is 0. The molecule has 0 radical (unpaired) electrons. The fourth-order valence-electron chi connectivity index (χ4n) is 1.55. The molecule has 7 nitrogen and oxygen atoms in total. The average Bonchev–Trinajstić information content (AvgIpc) is 2.69. The minimum atomic E-state index is -4.85. The zero-order valence-corrected chi connectivity index (χ0v) is 8.84. The Morgan fingerprint density at radius 2 is 2.00 bits per heavy atom. The maximum atomic E-state index is 12.6. The van der Waals surface area contributed by atoms with E-state index in [9.17, 15) is 33.2 Å². The van der Waals surface area contributed by atoms with Crippen molar-refractivity contribution >= 4 is 22.8 Å². The first-order valence-electron chi connectivity index (χ1n) is 4.66. The summed E-state index contributed by atoms with van der Waals surface area (Å²) in [5.41, 5.74) is -3.27. The van der Waals surface area contributed by atoms with Crippen LogP contribution < -0.4 is 5.11 Å². The summed E-state index contributed by atoms with van der Waals surface area (Å²) in [6.07, 6.45) is -6.04. The van der Waals surface area contributed by atoms with Crippen molar-refractivity contribution in [1.29, 1.82) is 0 Å². The van der Waals surface area contributed by atoms with Crippen LogP contribution in [0.3, 0.4) is 0 Å². The second kappa shape index (κ2) is 3.93. The highest BCUT2D eigenvalue weighted by Crippen LogP contribution is 2.35. The van der Waals surface area contributed by atoms with Gasteiger partial charge in [0.25, 0.3) is 5.69 Å². The van der Waals surface area contributed by atoms with E-state index < -0.39 is 39.5 Å². The standard InChI is InChI=1S/C9H4F3N3O4/c10-9(11,12)4-1-5-7(6(2-4)15(18)19)13-3-14(5)8(16)17/h1-3H,(H,16,17)/p-1. The van der Waals surface area contributed by atoms with Gasteiger partial charge in [0.15, 0.2) is 5.52 Å². The molecule has 0 amide bonds. The number of imidazole rings is 1. The quantitative estimate of drug-likeness (QED) is 0.573. The number of nitro benzene ring substituents is 1. The zero-order chi connectivity index (χ0) is 14.4. The zero-order valence-electron chi connectivity index (χ0n) is 8.84. The molecule has 100 valence electrons. The molecule has 2 aromatic rings. The molecule has 0 atom stereocenters. The molecule has 0 aliphatic heterocycles. The van der Waals surface area contributed by atoms with E-state index >= 15 is 0 Å². The number of fused-ring (bicyclic) bond motifs is 1. The molecule has 0 aliphatic carbocycles. The number of carbonyl (C=O) groups excluding carboxylic acids is 1. The molecule has 0 aliphatic rings. The first-order valence-corrected chi connectivity index (χ1v) is 4.66. The van der Waals surface area contributed by atoms with Crippen molar-refractivity contribution in [2.75, 3.05) is 0 Å². The number of alkyl halides is 3. The van der Waals surface area contributed by atoms with Crippen LogP contribution in [0, 0.1) is 10.1 Å². The Hall–Kier alpha value is -2.65. The number of nitrogens with zero attached hydrogens (tertiary/aromatic N) is 3. The number of benzene rings is 1. The lowest BCUT2D eigenvalue weighted by Gasteiger charge is -2.08. The third-order valence-electron chi connectivity index (χ3n) is 2.35. The van der Waals surface area contributed by atoms with Gasteiger partial charge in [0.1, 0.15) is 12.4 Å². The van der Waals surface area contributed by atoms with Crippen LogP contribution in [0.2, 0.25) is 0 Å². The Morgan fingerprint density at radius 1 is 1.37 bits per heavy atom. The molecule has 0 spiro atoms. The van der Waals surface area contributed by atoms with Crippen molar-refractivity contribution < 1.29 is 28.0 Å². The monoisotopic (exact) mass is 274 g/mol. The number of nitro groups is 1. The predicted molar refractivity (Wildman–Crippen MR) is 52.2 cm³/mol. The maximum absolute atomic E-state index is 12.6. The van der Waals surface area contributed by atoms with Gasteiger partial charge in [0.2, 0.25) is 0 Å². The van der Waals surface area contributed by atoms with Crippen molar-refractivity contribution in [2.24, 2.45) is 0 Å². The number of hydrogen-bond donors (Lipinski definition) is 0. The molecular weight excluding hydrogens is 271 g/mol. The summed E-state index contributed by atoms with van der Waals surface area (Å²) in [5, 5.41) is 21.4. The number of carboxylic acid groups (broad SMARTS) is 1. The molecule has 1 heterocycles. The smallest absolute Gasteiger partial charge is 0.416 e. The van der Waals surface area contributed by atoms with Crippen LogP contribution in [0.1, 0.15) is 5.56 Å². The van der Waals surface area contributed by atoms with Crippen molar-refractivity contribution in [3.8, 4) is 0 Å². The molecule has 19 heavy (non-hydrogen) atoms. The highest BCUT2D eigenvalue weighted by molar-refractivity contribution is 5.91. The van der Waals surface area contributed by atoms with E-state index in [2.05, 4.69) is 4.98 Å². The molecule has 10 heteroatoms. The summed E-state index contributed by atoms with van der Waals surface area (Å²) in [5.74, 6) is 0. The minimum absolute atomic E-state index is 0.275. The number of non-ortho nitro benzene ring substituents is 1. The van der Waals surface area contributed by atoms with E-state index in [1.807, 2.05) is 0 Å². The van der Waals surface area contributed by atoms with E-state index in [0.717, 1.165) is 0 Å². The van der Waals surface area contributed by atoms with E-state index in [4.69, 9.17) is 0 Å². The van der Waals surface area contributed by atoms with Gasteiger partial charge in [-0.1, -0.05) is 0 Å². The highest BCUT2D eigenvalue weighted by Gasteiger charge is 2.34. The molecule has 1 aromatic carbocycles. The first kappa shape index (κ1) is 12.8. The van der Waals surface area contributed by atoms with E-state index in [-0.39, 0.29) is 4.57 Å². The number of aromatic nitrogens is 2. The average molecular weight is 274 g/mol. The minimum Gasteiger partial charge on any atom is -0.529 e. The molecule has 0 N–H and O–H groups in total. The van der Waals surface area contributed by atoms with Crippen LogP contribution in [0.25, 0.3) is 11.0 Å². The molecular formula is C9H3F3N3O4-. The van der Waals surface area contributed by atoms with Gasteiger partial charge in [-0.05, 0) is 6.07 Å². The summed E-state index contributed by atoms with van der Waals surface area (Å²) in [4.78, 5) is 23.7. The van der Waals surface area contributed by atoms with Crippen molar-refractivity contribution in [2.45, 2.75) is 6.18 Å². The van der Waals surface area contributed by atoms with Crippen LogP contribution >= 0.6 is 0 Å². The Bertz CT molecular complexity index is 692. The van der Waals surface area contributed by atoms with Crippen LogP contribution in [-0.4, -0.2) is 20.6 Å². The summed E-state index contributed by atoms with van der Waals surface area (Å²) in [7, 11) is 0. The lowest BCUT2D eigenvalue weighted by molar-refractivity contribution is -0.383. The van der Waals surface area contributed by atoms with E-state index in [1.165, 1.54) is 0 Å². The Morgan fingerprint density at radius 3 is 2.47 bits per heavy atom.